The molecule has 0 atom stereocenters. The summed E-state index contributed by atoms with van der Waals surface area (Å²) in [5.41, 5.74) is 3.98. The Morgan fingerprint density at radius 2 is 2.05 bits per heavy atom. The molecule has 0 aliphatic carbocycles. The molecule has 0 fully saturated rings. The third-order valence-electron chi connectivity index (χ3n) is 2.89. The summed E-state index contributed by atoms with van der Waals surface area (Å²) in [6.07, 6.45) is 0. The lowest BCUT2D eigenvalue weighted by Crippen LogP contribution is -1.94. The molecule has 19 heavy (non-hydrogen) atoms. The van der Waals surface area contributed by atoms with E-state index in [-0.39, 0.29) is 0 Å². The number of hydrogen-bond acceptors (Lipinski definition) is 2. The number of nitrogens with one attached hydrogen (secondary N) is 2. The molecule has 0 saturated carbocycles. The Bertz CT molecular complexity index is 752. The van der Waals surface area contributed by atoms with Crippen LogP contribution in [0.2, 0.25) is 5.02 Å². The standard InChI is InChI=1S/C14H11BrClN3/c1-8-6-10(16)3-5-11(8)17-14-18-12-4-2-9(15)7-13(12)19-14/h2-7H,1H3,(H2,17,18,19). The molecule has 2 N–H and O–H groups in total. The van der Waals surface area contributed by atoms with Gasteiger partial charge in [0.15, 0.2) is 0 Å². The van der Waals surface area contributed by atoms with Gasteiger partial charge in [-0.25, -0.2) is 4.98 Å². The van der Waals surface area contributed by atoms with Crippen molar-refractivity contribution in [2.75, 3.05) is 5.32 Å². The van der Waals surface area contributed by atoms with E-state index >= 15 is 0 Å². The van der Waals surface area contributed by atoms with Crippen molar-refractivity contribution in [3.63, 3.8) is 0 Å². The predicted molar refractivity (Wildman–Crippen MR) is 83.3 cm³/mol. The normalized spacial score (nSPS) is 10.9. The summed E-state index contributed by atoms with van der Waals surface area (Å²) >= 11 is 9.39. The van der Waals surface area contributed by atoms with Crippen LogP contribution in [0, 0.1) is 6.92 Å². The molecule has 1 aromatic heterocycles. The number of H-pyrrole nitrogens is 1. The Balaban J connectivity index is 1.96. The van der Waals surface area contributed by atoms with Gasteiger partial charge in [-0.05, 0) is 48.9 Å². The molecule has 96 valence electrons. The molecule has 0 aliphatic rings. The summed E-state index contributed by atoms with van der Waals surface area (Å²) in [6, 6.07) is 11.7. The number of nitrogens with zero attached hydrogens (tertiary/aromatic N) is 1. The van der Waals surface area contributed by atoms with E-state index in [9.17, 15) is 0 Å². The molecule has 5 heteroatoms. The molecule has 3 rings (SSSR count). The molecule has 2 aromatic carbocycles. The lowest BCUT2D eigenvalue weighted by atomic mass is 10.2. The van der Waals surface area contributed by atoms with Crippen LogP contribution in [-0.4, -0.2) is 9.97 Å². The quantitative estimate of drug-likeness (QED) is 0.689. The Labute approximate surface area is 124 Å². The maximum absolute atomic E-state index is 5.95. The predicted octanol–water partition coefficient (Wildman–Crippen LogP) is 5.03. The molecule has 0 unspecified atom stereocenters. The number of fused-ring (bicyclic) bond motifs is 1. The van der Waals surface area contributed by atoms with Gasteiger partial charge in [-0.15, -0.1) is 0 Å². The van der Waals surface area contributed by atoms with Crippen LogP contribution < -0.4 is 5.32 Å². The highest BCUT2D eigenvalue weighted by molar-refractivity contribution is 9.10. The third-order valence-corrected chi connectivity index (χ3v) is 3.61. The van der Waals surface area contributed by atoms with Crippen LogP contribution >= 0.6 is 27.5 Å². The van der Waals surface area contributed by atoms with Crippen LogP contribution in [0.15, 0.2) is 40.9 Å². The van der Waals surface area contributed by atoms with Crippen LogP contribution in [0.5, 0.6) is 0 Å². The highest BCUT2D eigenvalue weighted by Crippen LogP contribution is 2.24. The molecular formula is C14H11BrClN3. The number of rotatable bonds is 2. The van der Waals surface area contributed by atoms with E-state index in [0.29, 0.717) is 0 Å². The maximum Gasteiger partial charge on any atom is 0.205 e. The van der Waals surface area contributed by atoms with Gasteiger partial charge in [0.25, 0.3) is 0 Å². The zero-order valence-corrected chi connectivity index (χ0v) is 12.5. The summed E-state index contributed by atoms with van der Waals surface area (Å²) in [5.74, 6) is 0.721. The number of benzene rings is 2. The highest BCUT2D eigenvalue weighted by atomic mass is 79.9. The topological polar surface area (TPSA) is 40.7 Å². The van der Waals surface area contributed by atoms with E-state index in [1.54, 1.807) is 0 Å². The molecule has 0 spiro atoms. The van der Waals surface area contributed by atoms with E-state index in [4.69, 9.17) is 11.6 Å². The summed E-state index contributed by atoms with van der Waals surface area (Å²) < 4.78 is 1.03. The van der Waals surface area contributed by atoms with Crippen molar-refractivity contribution in [3.05, 3.63) is 51.5 Å². The van der Waals surface area contributed by atoms with Gasteiger partial charge >= 0.3 is 0 Å². The SMILES string of the molecule is Cc1cc(Cl)ccc1Nc1nc2ccc(Br)cc2[nH]1. The average Bonchev–Trinajstić information content (AvgIpc) is 2.74. The van der Waals surface area contributed by atoms with Crippen molar-refractivity contribution in [1.29, 1.82) is 0 Å². The molecule has 0 bridgehead atoms. The highest BCUT2D eigenvalue weighted by Gasteiger charge is 2.05. The van der Waals surface area contributed by atoms with Crippen LogP contribution in [0.25, 0.3) is 11.0 Å². The fourth-order valence-electron chi connectivity index (χ4n) is 1.94. The first-order valence-corrected chi connectivity index (χ1v) is 6.97. The van der Waals surface area contributed by atoms with Crippen LogP contribution in [0.3, 0.4) is 0 Å². The minimum atomic E-state index is 0.721. The molecular weight excluding hydrogens is 326 g/mol. The van der Waals surface area contributed by atoms with E-state index in [0.717, 1.165) is 37.7 Å². The van der Waals surface area contributed by atoms with Gasteiger partial charge < -0.3 is 10.3 Å². The van der Waals surface area contributed by atoms with E-state index in [2.05, 4.69) is 31.2 Å². The van der Waals surface area contributed by atoms with Gasteiger partial charge in [-0.1, -0.05) is 27.5 Å². The van der Waals surface area contributed by atoms with Crippen molar-refractivity contribution in [3.8, 4) is 0 Å². The number of anilines is 2. The van der Waals surface area contributed by atoms with Gasteiger partial charge in [0.1, 0.15) is 0 Å². The largest absolute Gasteiger partial charge is 0.326 e. The van der Waals surface area contributed by atoms with Crippen molar-refractivity contribution in [2.45, 2.75) is 6.92 Å². The number of aromatic nitrogens is 2. The molecule has 0 aliphatic heterocycles. The Morgan fingerprint density at radius 3 is 2.84 bits per heavy atom. The first-order valence-electron chi connectivity index (χ1n) is 5.80. The summed E-state index contributed by atoms with van der Waals surface area (Å²) in [7, 11) is 0. The fraction of sp³-hybridized carbons (Fsp3) is 0.0714. The molecule has 3 nitrogen and oxygen atoms in total. The molecule has 3 aromatic rings. The van der Waals surface area contributed by atoms with Crippen LogP contribution in [-0.2, 0) is 0 Å². The zero-order valence-electron chi connectivity index (χ0n) is 10.2. The summed E-state index contributed by atoms with van der Waals surface area (Å²) in [4.78, 5) is 7.73. The Hall–Kier alpha value is -1.52. The smallest absolute Gasteiger partial charge is 0.205 e. The van der Waals surface area contributed by atoms with Crippen LogP contribution in [0.4, 0.5) is 11.6 Å². The molecule has 0 amide bonds. The van der Waals surface area contributed by atoms with Gasteiger partial charge in [-0.2, -0.15) is 0 Å². The number of imidazole rings is 1. The second kappa shape index (κ2) is 4.87. The van der Waals surface area contributed by atoms with Crippen molar-refractivity contribution >= 4 is 50.2 Å². The van der Waals surface area contributed by atoms with E-state index in [1.807, 2.05) is 43.3 Å². The Kier molecular flexibility index (Phi) is 3.21. The number of hydrogen-bond donors (Lipinski definition) is 2. The van der Waals surface area contributed by atoms with Gasteiger partial charge in [0, 0.05) is 15.2 Å². The zero-order chi connectivity index (χ0) is 13.4. The number of halogens is 2. The Morgan fingerprint density at radius 1 is 1.21 bits per heavy atom. The lowest BCUT2D eigenvalue weighted by molar-refractivity contribution is 1.29. The van der Waals surface area contributed by atoms with Crippen LogP contribution in [0.1, 0.15) is 5.56 Å². The van der Waals surface area contributed by atoms with E-state index in [1.165, 1.54) is 0 Å². The van der Waals surface area contributed by atoms with Crippen molar-refractivity contribution in [1.82, 2.24) is 9.97 Å². The maximum atomic E-state index is 5.95. The first-order chi connectivity index (χ1) is 9.11. The first kappa shape index (κ1) is 12.5. The second-order valence-corrected chi connectivity index (χ2v) is 5.68. The van der Waals surface area contributed by atoms with Gasteiger partial charge in [0.2, 0.25) is 5.95 Å². The molecule has 0 radical (unpaired) electrons. The van der Waals surface area contributed by atoms with Gasteiger partial charge in [-0.3, -0.25) is 0 Å². The second-order valence-electron chi connectivity index (χ2n) is 4.33. The van der Waals surface area contributed by atoms with Crippen molar-refractivity contribution in [2.24, 2.45) is 0 Å². The van der Waals surface area contributed by atoms with Gasteiger partial charge in [0.05, 0.1) is 11.0 Å². The molecule has 0 saturated heterocycles. The average molecular weight is 337 g/mol. The summed E-state index contributed by atoms with van der Waals surface area (Å²) in [5, 5.41) is 4.00. The lowest BCUT2D eigenvalue weighted by Gasteiger charge is -2.06. The third kappa shape index (κ3) is 2.60. The minimum absolute atomic E-state index is 0.721. The fourth-order valence-corrected chi connectivity index (χ4v) is 2.52. The van der Waals surface area contributed by atoms with E-state index < -0.39 is 0 Å². The van der Waals surface area contributed by atoms with Crippen molar-refractivity contribution < 1.29 is 0 Å². The monoisotopic (exact) mass is 335 g/mol. The summed E-state index contributed by atoms with van der Waals surface area (Å²) in [6.45, 7) is 2.01. The number of aromatic amines is 1. The molecule has 1 heterocycles. The number of aryl methyl sites for hydroxylation is 1. The minimum Gasteiger partial charge on any atom is -0.326 e.